The molecule has 0 spiro atoms. The smallest absolute Gasteiger partial charge is 0.123 e. The second kappa shape index (κ2) is 6.96. The van der Waals surface area contributed by atoms with Gasteiger partial charge in [0.15, 0.2) is 0 Å². The number of ether oxygens (including phenoxy) is 2. The fraction of sp³-hybridized carbons (Fsp3) is 0.294. The van der Waals surface area contributed by atoms with Gasteiger partial charge in [0.25, 0.3) is 0 Å². The summed E-state index contributed by atoms with van der Waals surface area (Å²) in [5.74, 6) is 1.82. The summed E-state index contributed by atoms with van der Waals surface area (Å²) in [6.07, 6.45) is 0. The molecule has 0 saturated carbocycles. The number of hydrogen-bond donors (Lipinski definition) is 1. The van der Waals surface area contributed by atoms with E-state index in [1.807, 2.05) is 36.4 Å². The van der Waals surface area contributed by atoms with Crippen molar-refractivity contribution in [2.24, 2.45) is 0 Å². The predicted octanol–water partition coefficient (Wildman–Crippen LogP) is 3.55. The minimum atomic E-state index is 0.205. The summed E-state index contributed by atoms with van der Waals surface area (Å²) >= 11 is 0. The van der Waals surface area contributed by atoms with Crippen molar-refractivity contribution >= 4 is 0 Å². The van der Waals surface area contributed by atoms with E-state index in [2.05, 4.69) is 24.4 Å². The van der Waals surface area contributed by atoms with Crippen molar-refractivity contribution in [3.63, 3.8) is 0 Å². The number of methoxy groups -OCH3 is 2. The number of benzene rings is 2. The standard InChI is InChI=1S/C17H21NO2/c1-13(15-9-5-7-11-17(15)20-3)18-12-14-8-4-6-10-16(14)19-2/h4-11,13,18H,12H2,1-3H3/t13-/m0/s1. The molecule has 0 radical (unpaired) electrons. The highest BCUT2D eigenvalue weighted by molar-refractivity contribution is 5.36. The molecule has 3 heteroatoms. The summed E-state index contributed by atoms with van der Waals surface area (Å²) in [4.78, 5) is 0. The van der Waals surface area contributed by atoms with E-state index in [0.717, 1.165) is 29.2 Å². The largest absolute Gasteiger partial charge is 0.496 e. The summed E-state index contributed by atoms with van der Waals surface area (Å²) in [5, 5.41) is 3.50. The lowest BCUT2D eigenvalue weighted by molar-refractivity contribution is 0.397. The molecule has 20 heavy (non-hydrogen) atoms. The van der Waals surface area contributed by atoms with Gasteiger partial charge in [-0.3, -0.25) is 0 Å². The number of nitrogens with one attached hydrogen (secondary N) is 1. The lowest BCUT2D eigenvalue weighted by Gasteiger charge is -2.18. The normalized spacial score (nSPS) is 11.9. The Bertz CT molecular complexity index is 554. The van der Waals surface area contributed by atoms with Gasteiger partial charge in [0.05, 0.1) is 14.2 Å². The van der Waals surface area contributed by atoms with Gasteiger partial charge in [-0.1, -0.05) is 36.4 Å². The third-order valence-electron chi connectivity index (χ3n) is 3.40. The number of hydrogen-bond acceptors (Lipinski definition) is 3. The van der Waals surface area contributed by atoms with Crippen LogP contribution in [0.2, 0.25) is 0 Å². The van der Waals surface area contributed by atoms with Crippen LogP contribution in [0.15, 0.2) is 48.5 Å². The van der Waals surface area contributed by atoms with Gasteiger partial charge in [-0.15, -0.1) is 0 Å². The Hall–Kier alpha value is -2.00. The van der Waals surface area contributed by atoms with E-state index < -0.39 is 0 Å². The van der Waals surface area contributed by atoms with E-state index in [-0.39, 0.29) is 6.04 Å². The Morgan fingerprint density at radius 2 is 1.50 bits per heavy atom. The van der Waals surface area contributed by atoms with Gasteiger partial charge in [-0.2, -0.15) is 0 Å². The van der Waals surface area contributed by atoms with Gasteiger partial charge < -0.3 is 14.8 Å². The molecule has 2 aromatic carbocycles. The molecule has 106 valence electrons. The third-order valence-corrected chi connectivity index (χ3v) is 3.40. The lowest BCUT2D eigenvalue weighted by atomic mass is 10.1. The minimum Gasteiger partial charge on any atom is -0.496 e. The predicted molar refractivity (Wildman–Crippen MR) is 81.2 cm³/mol. The van der Waals surface area contributed by atoms with Crippen LogP contribution in [0, 0.1) is 0 Å². The van der Waals surface area contributed by atoms with Crippen LogP contribution in [0.5, 0.6) is 11.5 Å². The maximum Gasteiger partial charge on any atom is 0.123 e. The average molecular weight is 271 g/mol. The second-order valence-electron chi connectivity index (χ2n) is 4.66. The number of para-hydroxylation sites is 2. The van der Waals surface area contributed by atoms with E-state index in [1.165, 1.54) is 0 Å². The zero-order valence-electron chi connectivity index (χ0n) is 12.2. The molecule has 0 aliphatic carbocycles. The zero-order chi connectivity index (χ0) is 14.4. The summed E-state index contributed by atoms with van der Waals surface area (Å²) < 4.78 is 10.8. The molecule has 1 N–H and O–H groups in total. The fourth-order valence-electron chi connectivity index (χ4n) is 2.25. The van der Waals surface area contributed by atoms with Crippen LogP contribution in [-0.4, -0.2) is 14.2 Å². The van der Waals surface area contributed by atoms with Crippen molar-refractivity contribution in [1.82, 2.24) is 5.32 Å². The first-order valence-corrected chi connectivity index (χ1v) is 6.74. The molecule has 2 aromatic rings. The fourth-order valence-corrected chi connectivity index (χ4v) is 2.25. The van der Waals surface area contributed by atoms with Crippen LogP contribution in [0.4, 0.5) is 0 Å². The van der Waals surface area contributed by atoms with Crippen molar-refractivity contribution in [3.8, 4) is 11.5 Å². The molecule has 0 saturated heterocycles. The third kappa shape index (κ3) is 3.31. The second-order valence-corrected chi connectivity index (χ2v) is 4.66. The molecule has 3 nitrogen and oxygen atoms in total. The van der Waals surface area contributed by atoms with Crippen LogP contribution < -0.4 is 14.8 Å². The molecule has 0 aromatic heterocycles. The van der Waals surface area contributed by atoms with E-state index in [0.29, 0.717) is 0 Å². The molecule has 0 heterocycles. The van der Waals surface area contributed by atoms with Crippen molar-refractivity contribution in [2.75, 3.05) is 14.2 Å². The molecule has 1 atom stereocenters. The van der Waals surface area contributed by atoms with Gasteiger partial charge >= 0.3 is 0 Å². The Morgan fingerprint density at radius 1 is 0.900 bits per heavy atom. The van der Waals surface area contributed by atoms with Gasteiger partial charge in [0.2, 0.25) is 0 Å². The highest BCUT2D eigenvalue weighted by atomic mass is 16.5. The zero-order valence-corrected chi connectivity index (χ0v) is 12.2. The first-order chi connectivity index (χ1) is 9.76. The van der Waals surface area contributed by atoms with Gasteiger partial charge in [-0.05, 0) is 19.1 Å². The topological polar surface area (TPSA) is 30.5 Å². The molecular weight excluding hydrogens is 250 g/mol. The van der Waals surface area contributed by atoms with E-state index in [9.17, 15) is 0 Å². The first kappa shape index (κ1) is 14.4. The molecule has 0 bridgehead atoms. The van der Waals surface area contributed by atoms with Crippen LogP contribution in [-0.2, 0) is 6.54 Å². The van der Waals surface area contributed by atoms with E-state index in [4.69, 9.17) is 9.47 Å². The summed E-state index contributed by atoms with van der Waals surface area (Å²) in [5.41, 5.74) is 2.31. The summed E-state index contributed by atoms with van der Waals surface area (Å²) in [6.45, 7) is 2.89. The van der Waals surface area contributed by atoms with Gasteiger partial charge in [0.1, 0.15) is 11.5 Å². The summed E-state index contributed by atoms with van der Waals surface area (Å²) in [7, 11) is 3.40. The van der Waals surface area contributed by atoms with Crippen molar-refractivity contribution in [2.45, 2.75) is 19.5 Å². The van der Waals surface area contributed by atoms with E-state index >= 15 is 0 Å². The maximum atomic E-state index is 5.40. The SMILES string of the molecule is COc1ccccc1CN[C@@H](C)c1ccccc1OC. The van der Waals surface area contributed by atoms with E-state index in [1.54, 1.807) is 14.2 Å². The summed E-state index contributed by atoms with van der Waals surface area (Å²) in [6, 6.07) is 16.3. The van der Waals surface area contributed by atoms with Crippen molar-refractivity contribution in [1.29, 1.82) is 0 Å². The van der Waals surface area contributed by atoms with Crippen LogP contribution >= 0.6 is 0 Å². The first-order valence-electron chi connectivity index (χ1n) is 6.74. The number of rotatable bonds is 6. The molecule has 0 aliphatic rings. The Balaban J connectivity index is 2.07. The van der Waals surface area contributed by atoms with Crippen molar-refractivity contribution < 1.29 is 9.47 Å². The Labute approximate surface area is 120 Å². The monoisotopic (exact) mass is 271 g/mol. The van der Waals surface area contributed by atoms with Crippen LogP contribution in [0.25, 0.3) is 0 Å². The molecule has 0 fully saturated rings. The lowest BCUT2D eigenvalue weighted by Crippen LogP contribution is -2.19. The molecule has 0 amide bonds. The van der Waals surface area contributed by atoms with Gasteiger partial charge in [-0.25, -0.2) is 0 Å². The Morgan fingerprint density at radius 3 is 2.20 bits per heavy atom. The highest BCUT2D eigenvalue weighted by Gasteiger charge is 2.11. The molecule has 0 aliphatic heterocycles. The maximum absolute atomic E-state index is 5.40. The quantitative estimate of drug-likeness (QED) is 0.871. The molecule has 2 rings (SSSR count). The minimum absolute atomic E-state index is 0.205. The van der Waals surface area contributed by atoms with Gasteiger partial charge in [0, 0.05) is 23.7 Å². The van der Waals surface area contributed by atoms with Crippen LogP contribution in [0.1, 0.15) is 24.1 Å². The molecule has 0 unspecified atom stereocenters. The van der Waals surface area contributed by atoms with Crippen molar-refractivity contribution in [3.05, 3.63) is 59.7 Å². The highest BCUT2D eigenvalue weighted by Crippen LogP contribution is 2.25. The average Bonchev–Trinajstić information content (AvgIpc) is 2.52. The van der Waals surface area contributed by atoms with Crippen LogP contribution in [0.3, 0.4) is 0 Å². The molecular formula is C17H21NO2. The Kier molecular flexibility index (Phi) is 5.02.